The van der Waals surface area contributed by atoms with Crippen LogP contribution in [0.5, 0.6) is 0 Å². The molecule has 0 aliphatic heterocycles. The van der Waals surface area contributed by atoms with Gasteiger partial charge in [-0.15, -0.1) is 10.2 Å². The lowest BCUT2D eigenvalue weighted by Gasteiger charge is -2.04. The van der Waals surface area contributed by atoms with E-state index in [2.05, 4.69) is 15.5 Å². The second-order valence-electron chi connectivity index (χ2n) is 5.24. The van der Waals surface area contributed by atoms with E-state index >= 15 is 0 Å². The number of nitrogens with one attached hydrogen (secondary N) is 1. The van der Waals surface area contributed by atoms with Crippen LogP contribution in [0.15, 0.2) is 59.0 Å². The van der Waals surface area contributed by atoms with Crippen molar-refractivity contribution in [2.24, 2.45) is 0 Å². The van der Waals surface area contributed by atoms with Gasteiger partial charge in [0.25, 0.3) is 0 Å². The van der Waals surface area contributed by atoms with E-state index in [1.165, 1.54) is 0 Å². The fraction of sp³-hybridized carbons (Fsp3) is 0.167. The highest BCUT2D eigenvalue weighted by Crippen LogP contribution is 2.26. The fourth-order valence-corrected chi connectivity index (χ4v) is 2.42. The van der Waals surface area contributed by atoms with Gasteiger partial charge in [-0.2, -0.15) is 0 Å². The van der Waals surface area contributed by atoms with Crippen LogP contribution < -0.4 is 5.32 Å². The lowest BCUT2D eigenvalue weighted by molar-refractivity contribution is -0.121. The summed E-state index contributed by atoms with van der Waals surface area (Å²) in [6.45, 7) is 0.508. The summed E-state index contributed by atoms with van der Waals surface area (Å²) in [5.41, 5.74) is 1.75. The number of carbonyl (C=O) groups is 1. The van der Waals surface area contributed by atoms with Gasteiger partial charge < -0.3 is 9.73 Å². The predicted octanol–water partition coefficient (Wildman–Crippen LogP) is 3.64. The molecule has 122 valence electrons. The quantitative estimate of drug-likeness (QED) is 0.743. The number of rotatable bonds is 6. The Labute approximate surface area is 144 Å². The Balaban J connectivity index is 1.52. The van der Waals surface area contributed by atoms with Crippen molar-refractivity contribution in [2.45, 2.75) is 19.4 Å². The SMILES string of the molecule is O=C(CCc1nnc(-c2ccccc2Cl)o1)NCc1ccccc1. The van der Waals surface area contributed by atoms with Crippen molar-refractivity contribution in [3.05, 3.63) is 71.1 Å². The molecule has 0 spiro atoms. The zero-order chi connectivity index (χ0) is 16.8. The lowest BCUT2D eigenvalue weighted by Crippen LogP contribution is -2.22. The predicted molar refractivity (Wildman–Crippen MR) is 91.4 cm³/mol. The van der Waals surface area contributed by atoms with Gasteiger partial charge in [0.2, 0.25) is 17.7 Å². The molecule has 0 saturated carbocycles. The molecule has 6 heteroatoms. The molecule has 0 aliphatic carbocycles. The molecular weight excluding hydrogens is 326 g/mol. The molecule has 5 nitrogen and oxygen atoms in total. The van der Waals surface area contributed by atoms with Crippen LogP contribution in [0, 0.1) is 0 Å². The molecule has 3 rings (SSSR count). The summed E-state index contributed by atoms with van der Waals surface area (Å²) >= 11 is 6.10. The zero-order valence-electron chi connectivity index (χ0n) is 12.9. The third-order valence-corrected chi connectivity index (χ3v) is 3.80. The van der Waals surface area contributed by atoms with Crippen LogP contribution in [0.4, 0.5) is 0 Å². The first-order valence-corrected chi connectivity index (χ1v) is 7.98. The van der Waals surface area contributed by atoms with Crippen LogP contribution in [0.25, 0.3) is 11.5 Å². The van der Waals surface area contributed by atoms with Crippen LogP contribution in [-0.4, -0.2) is 16.1 Å². The molecule has 1 aromatic heterocycles. The Hall–Kier alpha value is -2.66. The smallest absolute Gasteiger partial charge is 0.249 e. The van der Waals surface area contributed by atoms with Crippen LogP contribution in [0.3, 0.4) is 0 Å². The largest absolute Gasteiger partial charge is 0.421 e. The maximum atomic E-state index is 11.9. The number of benzene rings is 2. The molecule has 0 unspecified atom stereocenters. The number of aryl methyl sites for hydroxylation is 1. The van der Waals surface area contributed by atoms with E-state index in [0.29, 0.717) is 35.3 Å². The number of aromatic nitrogens is 2. The van der Waals surface area contributed by atoms with Gasteiger partial charge in [0.15, 0.2) is 0 Å². The van der Waals surface area contributed by atoms with E-state index in [9.17, 15) is 4.79 Å². The standard InChI is InChI=1S/C18H16ClN3O2/c19-15-9-5-4-8-14(15)18-22-21-17(24-18)11-10-16(23)20-12-13-6-2-1-3-7-13/h1-9H,10-12H2,(H,20,23). The average Bonchev–Trinajstić information content (AvgIpc) is 3.08. The zero-order valence-corrected chi connectivity index (χ0v) is 13.7. The first kappa shape index (κ1) is 16.2. The molecular formula is C18H16ClN3O2. The summed E-state index contributed by atoms with van der Waals surface area (Å²) < 4.78 is 5.58. The van der Waals surface area contributed by atoms with Gasteiger partial charge in [-0.25, -0.2) is 0 Å². The van der Waals surface area contributed by atoms with Crippen molar-refractivity contribution >= 4 is 17.5 Å². The Kier molecular flexibility index (Phi) is 5.23. The minimum atomic E-state index is -0.0589. The number of halogens is 1. The fourth-order valence-electron chi connectivity index (χ4n) is 2.20. The lowest BCUT2D eigenvalue weighted by atomic mass is 10.2. The summed E-state index contributed by atoms with van der Waals surface area (Å²) in [6.07, 6.45) is 0.676. The summed E-state index contributed by atoms with van der Waals surface area (Å²) in [5, 5.41) is 11.4. The van der Waals surface area contributed by atoms with Gasteiger partial charge in [0.05, 0.1) is 10.6 Å². The van der Waals surface area contributed by atoms with Crippen molar-refractivity contribution in [2.75, 3.05) is 0 Å². The Morgan fingerprint density at radius 2 is 1.79 bits per heavy atom. The molecule has 0 saturated heterocycles. The minimum absolute atomic E-state index is 0.0589. The second kappa shape index (κ2) is 7.75. The minimum Gasteiger partial charge on any atom is -0.421 e. The van der Waals surface area contributed by atoms with Gasteiger partial charge >= 0.3 is 0 Å². The van der Waals surface area contributed by atoms with Crippen LogP contribution in [-0.2, 0) is 17.8 Å². The third-order valence-electron chi connectivity index (χ3n) is 3.47. The van der Waals surface area contributed by atoms with Crippen molar-refractivity contribution in [3.8, 4) is 11.5 Å². The molecule has 0 radical (unpaired) electrons. The van der Waals surface area contributed by atoms with E-state index < -0.39 is 0 Å². The van der Waals surface area contributed by atoms with Crippen molar-refractivity contribution in [1.82, 2.24) is 15.5 Å². The molecule has 3 aromatic rings. The number of hydrogen-bond donors (Lipinski definition) is 1. The van der Waals surface area contributed by atoms with Gasteiger partial charge in [-0.05, 0) is 17.7 Å². The molecule has 1 heterocycles. The molecule has 1 N–H and O–H groups in total. The van der Waals surface area contributed by atoms with Gasteiger partial charge in [-0.3, -0.25) is 4.79 Å². The number of hydrogen-bond acceptors (Lipinski definition) is 4. The summed E-state index contributed by atoms with van der Waals surface area (Å²) in [7, 11) is 0. The highest BCUT2D eigenvalue weighted by Gasteiger charge is 2.12. The van der Waals surface area contributed by atoms with Crippen molar-refractivity contribution in [3.63, 3.8) is 0 Å². The van der Waals surface area contributed by atoms with Crippen LogP contribution in [0.2, 0.25) is 5.02 Å². The van der Waals surface area contributed by atoms with E-state index in [1.807, 2.05) is 48.5 Å². The number of amides is 1. The normalized spacial score (nSPS) is 10.5. The molecule has 0 fully saturated rings. The summed E-state index contributed by atoms with van der Waals surface area (Å²) in [5.74, 6) is 0.719. The number of carbonyl (C=O) groups excluding carboxylic acids is 1. The monoisotopic (exact) mass is 341 g/mol. The first-order valence-electron chi connectivity index (χ1n) is 7.60. The van der Waals surface area contributed by atoms with E-state index in [-0.39, 0.29) is 12.3 Å². The molecule has 2 aromatic carbocycles. The molecule has 0 atom stereocenters. The topological polar surface area (TPSA) is 68.0 Å². The average molecular weight is 342 g/mol. The summed E-state index contributed by atoms with van der Waals surface area (Å²) in [6, 6.07) is 17.0. The third kappa shape index (κ3) is 4.20. The Bertz CT molecular complexity index is 818. The maximum Gasteiger partial charge on any atom is 0.249 e. The van der Waals surface area contributed by atoms with E-state index in [0.717, 1.165) is 5.56 Å². The Morgan fingerprint density at radius 3 is 2.58 bits per heavy atom. The highest BCUT2D eigenvalue weighted by atomic mass is 35.5. The first-order chi connectivity index (χ1) is 11.7. The van der Waals surface area contributed by atoms with Gasteiger partial charge in [-0.1, -0.05) is 54.1 Å². The summed E-state index contributed by atoms with van der Waals surface area (Å²) in [4.78, 5) is 11.9. The van der Waals surface area contributed by atoms with Crippen LogP contribution in [0.1, 0.15) is 17.9 Å². The molecule has 0 bridgehead atoms. The highest BCUT2D eigenvalue weighted by molar-refractivity contribution is 6.33. The Morgan fingerprint density at radius 1 is 1.04 bits per heavy atom. The molecule has 1 amide bonds. The van der Waals surface area contributed by atoms with Gasteiger partial charge in [0.1, 0.15) is 0 Å². The maximum absolute atomic E-state index is 11.9. The second-order valence-corrected chi connectivity index (χ2v) is 5.65. The van der Waals surface area contributed by atoms with Gasteiger partial charge in [0, 0.05) is 19.4 Å². The number of nitrogens with zero attached hydrogens (tertiary/aromatic N) is 2. The van der Waals surface area contributed by atoms with Crippen molar-refractivity contribution in [1.29, 1.82) is 0 Å². The molecule has 0 aliphatic rings. The van der Waals surface area contributed by atoms with E-state index in [4.69, 9.17) is 16.0 Å². The molecule has 24 heavy (non-hydrogen) atoms. The van der Waals surface area contributed by atoms with Crippen LogP contribution >= 0.6 is 11.6 Å². The van der Waals surface area contributed by atoms with Crippen molar-refractivity contribution < 1.29 is 9.21 Å². The van der Waals surface area contributed by atoms with E-state index in [1.54, 1.807) is 6.07 Å².